The Morgan fingerprint density at radius 3 is 2.82 bits per heavy atom. The Morgan fingerprint density at radius 1 is 1.26 bits per heavy atom. The van der Waals surface area contributed by atoms with Crippen LogP contribution in [0.4, 0.5) is 0 Å². The minimum Gasteiger partial charge on any atom is -0.484 e. The molecule has 0 bridgehead atoms. The molecule has 4 aromatic rings. The number of rotatable bonds is 8. The molecule has 2 aromatic heterocycles. The van der Waals surface area contributed by atoms with Crippen molar-refractivity contribution in [3.63, 3.8) is 0 Å². The summed E-state index contributed by atoms with van der Waals surface area (Å²) >= 11 is 7.60. The normalized spacial score (nSPS) is 15.1. The number of hydrogen-bond acceptors (Lipinski definition) is 6. The number of ether oxygens (including phenoxy) is 3. The highest BCUT2D eigenvalue weighted by Gasteiger charge is 2.21. The topological polar surface area (TPSA) is 88.6 Å². The highest BCUT2D eigenvalue weighted by atomic mass is 35.5. The molecule has 1 aliphatic rings. The van der Waals surface area contributed by atoms with Crippen molar-refractivity contribution < 1.29 is 19.0 Å². The predicted molar refractivity (Wildman–Crippen MR) is 132 cm³/mol. The number of imidazole rings is 1. The number of nitrogens with two attached hydrogens (primary N) is 1. The van der Waals surface area contributed by atoms with Gasteiger partial charge in [0.2, 0.25) is 0 Å². The van der Waals surface area contributed by atoms with Crippen LogP contribution in [0.25, 0.3) is 16.0 Å². The lowest BCUT2D eigenvalue weighted by molar-refractivity contribution is -0.0461. The average Bonchev–Trinajstić information content (AvgIpc) is 3.57. The summed E-state index contributed by atoms with van der Waals surface area (Å²) in [4.78, 5) is 17.1. The molecule has 2 N–H and O–H groups in total. The van der Waals surface area contributed by atoms with E-state index in [1.54, 1.807) is 6.33 Å². The smallest absolute Gasteiger partial charge is 0.262 e. The number of primary amides is 1. The van der Waals surface area contributed by atoms with Gasteiger partial charge in [-0.05, 0) is 37.1 Å². The molecule has 1 fully saturated rings. The summed E-state index contributed by atoms with van der Waals surface area (Å²) in [6.07, 6.45) is 2.86. The number of aromatic nitrogens is 2. The van der Waals surface area contributed by atoms with Crippen LogP contribution < -0.4 is 10.5 Å². The third-order valence-electron chi connectivity index (χ3n) is 5.76. The maximum absolute atomic E-state index is 12.2. The van der Waals surface area contributed by atoms with Crippen LogP contribution in [0.5, 0.6) is 5.75 Å². The van der Waals surface area contributed by atoms with Crippen LogP contribution in [0.2, 0.25) is 5.02 Å². The molecule has 176 valence electrons. The van der Waals surface area contributed by atoms with Crippen molar-refractivity contribution in [2.75, 3.05) is 13.2 Å². The van der Waals surface area contributed by atoms with Gasteiger partial charge in [0, 0.05) is 23.1 Å². The maximum Gasteiger partial charge on any atom is 0.262 e. The predicted octanol–water partition coefficient (Wildman–Crippen LogP) is 5.28. The van der Waals surface area contributed by atoms with Crippen LogP contribution in [-0.4, -0.2) is 35.0 Å². The Labute approximate surface area is 206 Å². The number of fused-ring (bicyclic) bond motifs is 1. The number of carbonyl (C=O) groups is 1. The molecule has 3 heterocycles. The first-order valence-electron chi connectivity index (χ1n) is 11.0. The fourth-order valence-corrected chi connectivity index (χ4v) is 5.26. The summed E-state index contributed by atoms with van der Waals surface area (Å²) in [5, 5.41) is 1.39. The quantitative estimate of drug-likeness (QED) is 0.357. The Kier molecular flexibility index (Phi) is 6.56. The van der Waals surface area contributed by atoms with Crippen LogP contribution in [-0.2, 0) is 15.9 Å². The molecule has 0 aliphatic carbocycles. The highest BCUT2D eigenvalue weighted by molar-refractivity contribution is 7.16. The molecule has 2 aromatic carbocycles. The second kappa shape index (κ2) is 9.76. The number of aryl methyl sites for hydroxylation is 1. The molecule has 0 radical (unpaired) electrons. The van der Waals surface area contributed by atoms with Gasteiger partial charge in [0.05, 0.1) is 24.2 Å². The fourth-order valence-electron chi connectivity index (χ4n) is 4.04. The van der Waals surface area contributed by atoms with Gasteiger partial charge < -0.3 is 19.9 Å². The standard InChI is InChI=1S/C25H24ClN3O4S/c1-15(17-4-2-3-5-18(17)26)33-21-13-22(34-24(21)25(27)30)29-14-28-19-8-6-16(12-20(19)29)7-9-23-31-10-11-32-23/h2-6,8,12-15,23H,7,9-11H2,1H3,(H2,27,30)/t15-/m1/s1. The third-order valence-corrected chi connectivity index (χ3v) is 7.24. The molecule has 5 rings (SSSR count). The molecule has 7 nitrogen and oxygen atoms in total. The fraction of sp³-hybridized carbons (Fsp3) is 0.280. The number of nitrogens with zero attached hydrogens (tertiary/aromatic N) is 2. The van der Waals surface area contributed by atoms with E-state index in [0.717, 1.165) is 40.0 Å². The van der Waals surface area contributed by atoms with Crippen LogP contribution in [0.1, 0.15) is 40.2 Å². The van der Waals surface area contributed by atoms with E-state index in [2.05, 4.69) is 17.1 Å². The zero-order valence-electron chi connectivity index (χ0n) is 18.6. The van der Waals surface area contributed by atoms with Crippen molar-refractivity contribution in [1.29, 1.82) is 0 Å². The number of hydrogen-bond donors (Lipinski definition) is 1. The second-order valence-corrected chi connectivity index (χ2v) is 9.51. The van der Waals surface area contributed by atoms with Crippen molar-refractivity contribution in [1.82, 2.24) is 9.55 Å². The van der Waals surface area contributed by atoms with Crippen molar-refractivity contribution in [2.24, 2.45) is 5.73 Å². The average molecular weight is 498 g/mol. The monoisotopic (exact) mass is 497 g/mol. The molecule has 0 unspecified atom stereocenters. The molecule has 1 atom stereocenters. The minimum absolute atomic E-state index is 0.143. The van der Waals surface area contributed by atoms with E-state index in [9.17, 15) is 4.79 Å². The summed E-state index contributed by atoms with van der Waals surface area (Å²) in [7, 11) is 0. The molecule has 1 saturated heterocycles. The summed E-state index contributed by atoms with van der Waals surface area (Å²) < 4.78 is 19.2. The van der Waals surface area contributed by atoms with Gasteiger partial charge >= 0.3 is 0 Å². The van der Waals surface area contributed by atoms with Crippen molar-refractivity contribution in [3.05, 3.63) is 75.9 Å². The number of benzene rings is 2. The first kappa shape index (κ1) is 22.9. The molecule has 34 heavy (non-hydrogen) atoms. The van der Waals surface area contributed by atoms with Gasteiger partial charge in [0.1, 0.15) is 28.1 Å². The number of halogens is 1. The Balaban J connectivity index is 1.43. The minimum atomic E-state index is -0.542. The first-order chi connectivity index (χ1) is 16.5. The van der Waals surface area contributed by atoms with E-state index in [0.29, 0.717) is 28.9 Å². The molecule has 1 amide bonds. The van der Waals surface area contributed by atoms with E-state index in [-0.39, 0.29) is 12.4 Å². The molecule has 9 heteroatoms. The maximum atomic E-state index is 12.2. The molecular weight excluding hydrogens is 474 g/mol. The van der Waals surface area contributed by atoms with E-state index < -0.39 is 5.91 Å². The van der Waals surface area contributed by atoms with Gasteiger partial charge in [-0.25, -0.2) is 4.98 Å². The summed E-state index contributed by atoms with van der Waals surface area (Å²) in [6.45, 7) is 3.19. The van der Waals surface area contributed by atoms with E-state index in [1.165, 1.54) is 11.3 Å². The lowest BCUT2D eigenvalue weighted by Crippen LogP contribution is -2.12. The van der Waals surface area contributed by atoms with Crippen LogP contribution in [0.3, 0.4) is 0 Å². The van der Waals surface area contributed by atoms with E-state index >= 15 is 0 Å². The Hall–Kier alpha value is -2.91. The zero-order valence-corrected chi connectivity index (χ0v) is 20.1. The second-order valence-electron chi connectivity index (χ2n) is 8.07. The lowest BCUT2D eigenvalue weighted by atomic mass is 10.1. The van der Waals surface area contributed by atoms with Crippen LogP contribution >= 0.6 is 22.9 Å². The number of amides is 1. The highest BCUT2D eigenvalue weighted by Crippen LogP contribution is 2.37. The summed E-state index contributed by atoms with van der Waals surface area (Å²) in [5.74, 6) is -0.118. The lowest BCUT2D eigenvalue weighted by Gasteiger charge is -2.16. The summed E-state index contributed by atoms with van der Waals surface area (Å²) in [6, 6.07) is 15.5. The van der Waals surface area contributed by atoms with Crippen LogP contribution in [0.15, 0.2) is 54.9 Å². The molecule has 0 spiro atoms. The van der Waals surface area contributed by atoms with Gasteiger partial charge in [-0.3, -0.25) is 9.36 Å². The molecule has 0 saturated carbocycles. The van der Waals surface area contributed by atoms with Crippen molar-refractivity contribution >= 4 is 39.9 Å². The van der Waals surface area contributed by atoms with Gasteiger partial charge in [-0.2, -0.15) is 0 Å². The number of thiophene rings is 1. The molecule has 1 aliphatic heterocycles. The van der Waals surface area contributed by atoms with Crippen LogP contribution in [0, 0.1) is 0 Å². The van der Waals surface area contributed by atoms with Gasteiger partial charge in [-0.1, -0.05) is 35.9 Å². The van der Waals surface area contributed by atoms with Gasteiger partial charge in [-0.15, -0.1) is 11.3 Å². The van der Waals surface area contributed by atoms with E-state index in [4.69, 9.17) is 31.5 Å². The van der Waals surface area contributed by atoms with E-state index in [1.807, 2.05) is 47.9 Å². The Morgan fingerprint density at radius 2 is 2.06 bits per heavy atom. The van der Waals surface area contributed by atoms with Gasteiger partial charge in [0.25, 0.3) is 5.91 Å². The SMILES string of the molecule is C[C@@H](Oc1cc(-n2cnc3ccc(CCC4OCCO4)cc32)sc1C(N)=O)c1ccccc1Cl. The third kappa shape index (κ3) is 4.67. The van der Waals surface area contributed by atoms with Gasteiger partial charge in [0.15, 0.2) is 6.29 Å². The zero-order chi connectivity index (χ0) is 23.7. The first-order valence-corrected chi connectivity index (χ1v) is 12.2. The van der Waals surface area contributed by atoms with Crippen molar-refractivity contribution in [2.45, 2.75) is 32.2 Å². The van der Waals surface area contributed by atoms with Crippen molar-refractivity contribution in [3.8, 4) is 10.8 Å². The molecular formula is C25H24ClN3O4S. The Bertz CT molecular complexity index is 1330. The largest absolute Gasteiger partial charge is 0.484 e. The summed E-state index contributed by atoms with van der Waals surface area (Å²) in [5.41, 5.74) is 9.47. The number of carbonyl (C=O) groups excluding carboxylic acids is 1.